The second-order valence-electron chi connectivity index (χ2n) is 5.76. The van der Waals surface area contributed by atoms with Crippen LogP contribution in [-0.4, -0.2) is 37.1 Å². The third kappa shape index (κ3) is 5.53. The monoisotopic (exact) mass is 372 g/mol. The molecule has 0 spiro atoms. The lowest BCUT2D eigenvalue weighted by molar-refractivity contribution is -0.384. The largest absolute Gasteiger partial charge is 0.496 e. The summed E-state index contributed by atoms with van der Waals surface area (Å²) in [6, 6.07) is 12.2. The van der Waals surface area contributed by atoms with Gasteiger partial charge in [0.25, 0.3) is 5.69 Å². The van der Waals surface area contributed by atoms with Gasteiger partial charge in [0.05, 0.1) is 25.6 Å². The maximum absolute atomic E-state index is 12.3. The summed E-state index contributed by atoms with van der Waals surface area (Å²) in [6.07, 6.45) is 0.0957. The zero-order valence-corrected chi connectivity index (χ0v) is 15.0. The summed E-state index contributed by atoms with van der Waals surface area (Å²) >= 11 is 0. The lowest BCUT2D eigenvalue weighted by atomic mass is 10.0. The molecule has 0 bridgehead atoms. The second kappa shape index (κ2) is 9.33. The first-order valence-electron chi connectivity index (χ1n) is 8.17. The highest BCUT2D eigenvalue weighted by atomic mass is 16.6. The SMILES string of the molecule is COC(=O)[C@H](Cc1cc([N+](=O)[O-])ccc1OC)NC(=O)Cc1ccccc1. The molecule has 2 aromatic rings. The topological polar surface area (TPSA) is 108 Å². The number of ether oxygens (including phenoxy) is 2. The molecule has 142 valence electrons. The number of methoxy groups -OCH3 is 2. The molecular formula is C19H20N2O6. The molecule has 1 amide bonds. The number of amides is 1. The van der Waals surface area contributed by atoms with Crippen LogP contribution in [0.2, 0.25) is 0 Å². The average molecular weight is 372 g/mol. The highest BCUT2D eigenvalue weighted by Gasteiger charge is 2.24. The highest BCUT2D eigenvalue weighted by Crippen LogP contribution is 2.25. The summed E-state index contributed by atoms with van der Waals surface area (Å²) in [5.74, 6) is -0.627. The molecule has 0 radical (unpaired) electrons. The van der Waals surface area contributed by atoms with E-state index in [9.17, 15) is 19.7 Å². The van der Waals surface area contributed by atoms with Gasteiger partial charge in [0, 0.05) is 24.1 Å². The van der Waals surface area contributed by atoms with E-state index in [1.807, 2.05) is 18.2 Å². The molecule has 8 heteroatoms. The molecule has 0 aliphatic heterocycles. The first kappa shape index (κ1) is 19.9. The Morgan fingerprint density at radius 1 is 1.15 bits per heavy atom. The van der Waals surface area contributed by atoms with Crippen LogP contribution < -0.4 is 10.1 Å². The third-order valence-electron chi connectivity index (χ3n) is 3.93. The van der Waals surface area contributed by atoms with E-state index < -0.39 is 16.9 Å². The lowest BCUT2D eigenvalue weighted by Crippen LogP contribution is -2.43. The van der Waals surface area contributed by atoms with Crippen molar-refractivity contribution < 1.29 is 24.0 Å². The number of esters is 1. The van der Waals surface area contributed by atoms with E-state index in [0.29, 0.717) is 11.3 Å². The number of carbonyl (C=O) groups is 2. The number of non-ortho nitro benzene ring substituents is 1. The summed E-state index contributed by atoms with van der Waals surface area (Å²) in [5, 5.41) is 13.6. The summed E-state index contributed by atoms with van der Waals surface area (Å²) in [6.45, 7) is 0. The van der Waals surface area contributed by atoms with Gasteiger partial charge in [0.2, 0.25) is 5.91 Å². The molecule has 0 aromatic heterocycles. The molecule has 0 saturated carbocycles. The van der Waals surface area contributed by atoms with Crippen molar-refractivity contribution >= 4 is 17.6 Å². The molecule has 1 N–H and O–H groups in total. The molecule has 0 heterocycles. The second-order valence-corrected chi connectivity index (χ2v) is 5.76. The van der Waals surface area contributed by atoms with Gasteiger partial charge < -0.3 is 14.8 Å². The van der Waals surface area contributed by atoms with E-state index >= 15 is 0 Å². The fraction of sp³-hybridized carbons (Fsp3) is 0.263. The van der Waals surface area contributed by atoms with Crippen molar-refractivity contribution in [1.29, 1.82) is 0 Å². The normalized spacial score (nSPS) is 11.3. The zero-order valence-electron chi connectivity index (χ0n) is 15.0. The molecular weight excluding hydrogens is 352 g/mol. The zero-order chi connectivity index (χ0) is 19.8. The summed E-state index contributed by atoms with van der Waals surface area (Å²) < 4.78 is 9.97. The van der Waals surface area contributed by atoms with Crippen molar-refractivity contribution in [2.75, 3.05) is 14.2 Å². The van der Waals surface area contributed by atoms with Gasteiger partial charge in [-0.15, -0.1) is 0 Å². The maximum atomic E-state index is 12.3. The van der Waals surface area contributed by atoms with Gasteiger partial charge in [-0.25, -0.2) is 4.79 Å². The Labute approximate surface area is 156 Å². The van der Waals surface area contributed by atoms with E-state index in [4.69, 9.17) is 9.47 Å². The standard InChI is InChI=1S/C19H20N2O6/c1-26-17-9-8-15(21(24)25)11-14(17)12-16(19(23)27-2)20-18(22)10-13-6-4-3-5-7-13/h3-9,11,16H,10,12H2,1-2H3,(H,20,22)/t16-/m0/s1. The number of nitro benzene ring substituents is 1. The van der Waals surface area contributed by atoms with Crippen LogP contribution in [-0.2, 0) is 27.2 Å². The van der Waals surface area contributed by atoms with E-state index in [1.54, 1.807) is 12.1 Å². The van der Waals surface area contributed by atoms with Crippen LogP contribution in [0.15, 0.2) is 48.5 Å². The van der Waals surface area contributed by atoms with Crippen LogP contribution in [0.5, 0.6) is 5.75 Å². The fourth-order valence-electron chi connectivity index (χ4n) is 2.62. The van der Waals surface area contributed by atoms with Gasteiger partial charge in [-0.3, -0.25) is 14.9 Å². The van der Waals surface area contributed by atoms with E-state index in [2.05, 4.69) is 5.32 Å². The minimum absolute atomic E-state index is 0.00193. The fourth-order valence-corrected chi connectivity index (χ4v) is 2.62. The van der Waals surface area contributed by atoms with E-state index in [1.165, 1.54) is 32.4 Å². The Bertz CT molecular complexity index is 822. The highest BCUT2D eigenvalue weighted by molar-refractivity contribution is 5.85. The van der Waals surface area contributed by atoms with Gasteiger partial charge in [-0.05, 0) is 11.6 Å². The van der Waals surface area contributed by atoms with Crippen LogP contribution in [0.1, 0.15) is 11.1 Å². The van der Waals surface area contributed by atoms with Crippen molar-refractivity contribution in [3.63, 3.8) is 0 Å². The molecule has 0 aliphatic rings. The minimum Gasteiger partial charge on any atom is -0.496 e. The van der Waals surface area contributed by atoms with Gasteiger partial charge in [-0.2, -0.15) is 0 Å². The predicted octanol–water partition coefficient (Wildman–Crippen LogP) is 2.05. The number of nitrogens with one attached hydrogen (secondary N) is 1. The molecule has 0 saturated heterocycles. The van der Waals surface area contributed by atoms with Gasteiger partial charge in [0.15, 0.2) is 0 Å². The van der Waals surface area contributed by atoms with Crippen molar-refractivity contribution in [3.05, 3.63) is 69.8 Å². The molecule has 0 fully saturated rings. The Kier molecular flexibility index (Phi) is 6.87. The Balaban J connectivity index is 2.19. The third-order valence-corrected chi connectivity index (χ3v) is 3.93. The first-order valence-corrected chi connectivity index (χ1v) is 8.17. The summed E-state index contributed by atoms with van der Waals surface area (Å²) in [5.41, 5.74) is 1.08. The Morgan fingerprint density at radius 2 is 1.85 bits per heavy atom. The van der Waals surface area contributed by atoms with Crippen molar-refractivity contribution in [2.24, 2.45) is 0 Å². The van der Waals surface area contributed by atoms with Crippen molar-refractivity contribution in [3.8, 4) is 5.75 Å². The van der Waals surface area contributed by atoms with Crippen LogP contribution in [0.4, 0.5) is 5.69 Å². The van der Waals surface area contributed by atoms with Crippen LogP contribution >= 0.6 is 0 Å². The van der Waals surface area contributed by atoms with Crippen molar-refractivity contribution in [1.82, 2.24) is 5.32 Å². The van der Waals surface area contributed by atoms with Gasteiger partial charge >= 0.3 is 5.97 Å². The minimum atomic E-state index is -0.998. The summed E-state index contributed by atoms with van der Waals surface area (Å²) in [4.78, 5) is 34.9. The molecule has 0 aliphatic carbocycles. The first-order chi connectivity index (χ1) is 12.9. The number of nitrogens with zero attached hydrogens (tertiary/aromatic N) is 1. The number of hydrogen-bond donors (Lipinski definition) is 1. The number of nitro groups is 1. The van der Waals surface area contributed by atoms with E-state index in [0.717, 1.165) is 5.56 Å². The molecule has 1 atom stereocenters. The van der Waals surface area contributed by atoms with Gasteiger partial charge in [-0.1, -0.05) is 30.3 Å². The van der Waals surface area contributed by atoms with Crippen LogP contribution in [0.25, 0.3) is 0 Å². The molecule has 2 aromatic carbocycles. The number of carbonyl (C=O) groups excluding carboxylic acids is 2. The number of benzene rings is 2. The van der Waals surface area contributed by atoms with Gasteiger partial charge in [0.1, 0.15) is 11.8 Å². The molecule has 2 rings (SSSR count). The summed E-state index contributed by atoms with van der Waals surface area (Å²) in [7, 11) is 2.63. The predicted molar refractivity (Wildman–Crippen MR) is 97.4 cm³/mol. The average Bonchev–Trinajstić information content (AvgIpc) is 2.67. The maximum Gasteiger partial charge on any atom is 0.328 e. The smallest absolute Gasteiger partial charge is 0.328 e. The molecule has 8 nitrogen and oxygen atoms in total. The number of hydrogen-bond acceptors (Lipinski definition) is 6. The van der Waals surface area contributed by atoms with E-state index in [-0.39, 0.29) is 24.4 Å². The Morgan fingerprint density at radius 3 is 2.44 bits per heavy atom. The van der Waals surface area contributed by atoms with Crippen LogP contribution in [0, 0.1) is 10.1 Å². The molecule has 27 heavy (non-hydrogen) atoms. The molecule has 0 unspecified atom stereocenters. The number of rotatable bonds is 8. The quantitative estimate of drug-likeness (QED) is 0.432. The van der Waals surface area contributed by atoms with Crippen LogP contribution in [0.3, 0.4) is 0 Å². The lowest BCUT2D eigenvalue weighted by Gasteiger charge is -2.18. The van der Waals surface area contributed by atoms with Crippen molar-refractivity contribution in [2.45, 2.75) is 18.9 Å². The Hall–Kier alpha value is -3.42.